The molecule has 6 rings (SSSR count). The van der Waals surface area contributed by atoms with Gasteiger partial charge in [-0.05, 0) is 30.5 Å². The first kappa shape index (κ1) is 22.9. The molecule has 0 spiro atoms. The van der Waals surface area contributed by atoms with Gasteiger partial charge >= 0.3 is 12.0 Å². The minimum Gasteiger partial charge on any atom is -0.454 e. The first-order valence-electron chi connectivity index (χ1n) is 12.5. The Bertz CT molecular complexity index is 1000. The van der Waals surface area contributed by atoms with Gasteiger partial charge in [0.05, 0.1) is 13.1 Å². The van der Waals surface area contributed by atoms with E-state index in [-0.39, 0.29) is 22.3 Å². The number of ether oxygens (including phenoxy) is 1. The summed E-state index contributed by atoms with van der Waals surface area (Å²) in [5.74, 6) is -0.117. The maximum absolute atomic E-state index is 13.7. The Morgan fingerprint density at radius 3 is 2.41 bits per heavy atom. The third-order valence-corrected chi connectivity index (χ3v) is 8.13. The Morgan fingerprint density at radius 1 is 1.00 bits per heavy atom. The Balaban J connectivity index is 1.35. The van der Waals surface area contributed by atoms with Crippen LogP contribution in [0.3, 0.4) is 0 Å². The summed E-state index contributed by atoms with van der Waals surface area (Å²) in [4.78, 5) is 26.9. The number of carbonyl (C=O) groups excluding carboxylic acids is 2. The van der Waals surface area contributed by atoms with E-state index < -0.39 is 17.7 Å². The van der Waals surface area contributed by atoms with Crippen LogP contribution in [0.2, 0.25) is 0 Å². The molecule has 4 aliphatic rings. The number of carbonyl (C=O) groups is 2. The van der Waals surface area contributed by atoms with Gasteiger partial charge in [0.25, 0.3) is 0 Å². The van der Waals surface area contributed by atoms with Crippen LogP contribution in [-0.2, 0) is 15.1 Å². The number of fused-ring (bicyclic) bond motifs is 3. The molecule has 2 aromatic rings. The van der Waals surface area contributed by atoms with E-state index in [0.717, 1.165) is 44.9 Å². The van der Waals surface area contributed by atoms with Gasteiger partial charge < -0.3 is 9.84 Å². The van der Waals surface area contributed by atoms with Crippen molar-refractivity contribution < 1.29 is 23.9 Å². The summed E-state index contributed by atoms with van der Waals surface area (Å²) in [6.07, 6.45) is 7.50. The summed E-state index contributed by atoms with van der Waals surface area (Å²) in [5, 5.41) is 22.5. The van der Waals surface area contributed by atoms with E-state index in [4.69, 9.17) is 4.74 Å². The predicted octanol–water partition coefficient (Wildman–Crippen LogP) is 3.63. The van der Waals surface area contributed by atoms with E-state index in [1.54, 1.807) is 18.3 Å². The summed E-state index contributed by atoms with van der Waals surface area (Å²) in [6.45, 7) is 1.82. The number of aliphatic hydroxyl groups is 1. The molecule has 1 aromatic heterocycles. The Morgan fingerprint density at radius 2 is 1.74 bits per heavy atom. The van der Waals surface area contributed by atoms with Crippen LogP contribution in [0.5, 0.6) is 0 Å². The lowest BCUT2D eigenvalue weighted by atomic mass is 9.73. The lowest BCUT2D eigenvalue weighted by molar-refractivity contribution is -0.869. The summed E-state index contributed by atoms with van der Waals surface area (Å²) in [5.41, 5.74) is -1.07. The molecule has 2 N–H and O–H groups in total. The zero-order chi connectivity index (χ0) is 23.6. The van der Waals surface area contributed by atoms with Gasteiger partial charge in [-0.3, -0.25) is 5.32 Å². The molecule has 8 nitrogen and oxygen atoms in total. The quantitative estimate of drug-likeness (QED) is 0.517. The highest BCUT2D eigenvalue weighted by Crippen LogP contribution is 2.42. The van der Waals surface area contributed by atoms with Crippen LogP contribution in [-0.4, -0.2) is 57.5 Å². The van der Waals surface area contributed by atoms with E-state index in [9.17, 15) is 14.7 Å². The second-order valence-corrected chi connectivity index (χ2v) is 10.1. The molecule has 8 heteroatoms. The molecular weight excluding hydrogens is 432 g/mol. The zero-order valence-electron chi connectivity index (χ0n) is 19.4. The SMILES string of the molecule is O=C(O[C@H]1C[N+]2(C(=O)Nc3cccnn3)CCC1CC2)C(O)(c1ccccc1)C1CCCCC1. The molecule has 4 fully saturated rings. The topological polar surface area (TPSA) is 101 Å². The number of hydrogen-bond acceptors (Lipinski definition) is 6. The number of anilines is 1. The summed E-state index contributed by atoms with van der Waals surface area (Å²) in [6, 6.07) is 12.5. The van der Waals surface area contributed by atoms with Crippen molar-refractivity contribution in [1.82, 2.24) is 10.2 Å². The Kier molecular flexibility index (Phi) is 6.36. The van der Waals surface area contributed by atoms with Crippen molar-refractivity contribution in [3.8, 4) is 0 Å². The van der Waals surface area contributed by atoms with Crippen molar-refractivity contribution in [2.45, 2.75) is 56.7 Å². The van der Waals surface area contributed by atoms with Gasteiger partial charge in [0.1, 0.15) is 6.54 Å². The molecule has 34 heavy (non-hydrogen) atoms. The number of aromatic nitrogens is 2. The minimum absolute atomic E-state index is 0.148. The second kappa shape index (κ2) is 9.43. The number of piperidine rings is 3. The monoisotopic (exact) mass is 465 g/mol. The second-order valence-electron chi connectivity index (χ2n) is 10.1. The van der Waals surface area contributed by atoms with Crippen LogP contribution in [0.25, 0.3) is 0 Å². The fraction of sp³-hybridized carbons (Fsp3) is 0.538. The van der Waals surface area contributed by atoms with Crippen molar-refractivity contribution >= 4 is 17.8 Å². The third kappa shape index (κ3) is 4.20. The highest BCUT2D eigenvalue weighted by Gasteiger charge is 2.54. The maximum atomic E-state index is 13.7. The van der Waals surface area contributed by atoms with Gasteiger partial charge in [0.2, 0.25) is 0 Å². The fourth-order valence-corrected chi connectivity index (χ4v) is 6.11. The van der Waals surface area contributed by atoms with Crippen molar-refractivity contribution in [3.63, 3.8) is 0 Å². The summed E-state index contributed by atoms with van der Waals surface area (Å²) in [7, 11) is 0. The predicted molar refractivity (Wildman–Crippen MR) is 125 cm³/mol. The summed E-state index contributed by atoms with van der Waals surface area (Å²) >= 11 is 0. The lowest BCUT2D eigenvalue weighted by Crippen LogP contribution is -2.68. The number of rotatable bonds is 5. The molecule has 4 heterocycles. The first-order valence-corrected chi connectivity index (χ1v) is 12.5. The van der Waals surface area contributed by atoms with Crippen LogP contribution in [0.15, 0.2) is 48.7 Å². The number of esters is 1. The normalized spacial score (nSPS) is 28.6. The molecule has 3 aliphatic heterocycles. The average molecular weight is 466 g/mol. The number of hydrogen-bond donors (Lipinski definition) is 2. The summed E-state index contributed by atoms with van der Waals surface area (Å²) < 4.78 is 6.32. The van der Waals surface area contributed by atoms with Gasteiger partial charge in [0, 0.05) is 30.9 Å². The van der Waals surface area contributed by atoms with Crippen LogP contribution in [0.1, 0.15) is 50.5 Å². The Hall–Kier alpha value is -2.84. The number of nitrogens with one attached hydrogen (secondary N) is 1. The number of benzene rings is 1. The van der Waals surface area contributed by atoms with Crippen molar-refractivity contribution in [1.29, 1.82) is 0 Å². The highest BCUT2D eigenvalue weighted by atomic mass is 16.6. The van der Waals surface area contributed by atoms with E-state index in [1.807, 2.05) is 30.3 Å². The van der Waals surface area contributed by atoms with Gasteiger partial charge in [0.15, 0.2) is 17.5 Å². The Labute approximate surface area is 199 Å². The highest BCUT2D eigenvalue weighted by molar-refractivity contribution is 5.83. The van der Waals surface area contributed by atoms with Crippen molar-refractivity contribution in [2.24, 2.45) is 11.8 Å². The van der Waals surface area contributed by atoms with Crippen LogP contribution in [0.4, 0.5) is 10.6 Å². The van der Waals surface area contributed by atoms with Crippen LogP contribution in [0, 0.1) is 11.8 Å². The maximum Gasteiger partial charge on any atom is 0.422 e. The number of urea groups is 1. The molecular formula is C26H33N4O4+. The molecule has 2 bridgehead atoms. The standard InChI is InChI=1S/C26H32N4O4/c31-24(26(33,20-8-3-1-4-9-20)21-10-5-2-6-11-21)34-22-18-30(16-13-19(22)14-17-30)25(32)28-23-12-7-15-27-29-23/h1,3-4,7-9,12,15,19,21-22,33H,2,5-6,10-11,13-14,16-18H2/p+1/t19?,22-,26?,30?/m0/s1. The smallest absolute Gasteiger partial charge is 0.422 e. The third-order valence-electron chi connectivity index (χ3n) is 8.13. The molecule has 3 saturated heterocycles. The van der Waals surface area contributed by atoms with Gasteiger partial charge in [-0.2, -0.15) is 5.10 Å². The molecule has 2 atom stereocenters. The molecule has 1 aliphatic carbocycles. The van der Waals surface area contributed by atoms with Gasteiger partial charge in [-0.1, -0.05) is 49.6 Å². The van der Waals surface area contributed by atoms with Gasteiger partial charge in [-0.15, -0.1) is 5.10 Å². The molecule has 2 amide bonds. The molecule has 1 aromatic carbocycles. The van der Waals surface area contributed by atoms with Crippen molar-refractivity contribution in [2.75, 3.05) is 25.0 Å². The molecule has 180 valence electrons. The number of nitrogens with zero attached hydrogens (tertiary/aromatic N) is 3. The molecule has 0 radical (unpaired) electrons. The molecule has 1 saturated carbocycles. The van der Waals surface area contributed by atoms with Crippen LogP contribution >= 0.6 is 0 Å². The van der Waals surface area contributed by atoms with Crippen molar-refractivity contribution in [3.05, 3.63) is 54.2 Å². The lowest BCUT2D eigenvalue weighted by Gasteiger charge is -2.50. The average Bonchev–Trinajstić information content (AvgIpc) is 2.90. The van der Waals surface area contributed by atoms with Crippen LogP contribution < -0.4 is 5.32 Å². The van der Waals surface area contributed by atoms with E-state index in [2.05, 4.69) is 15.5 Å². The van der Waals surface area contributed by atoms with Gasteiger partial charge in [-0.25, -0.2) is 14.1 Å². The number of amides is 2. The fourth-order valence-electron chi connectivity index (χ4n) is 6.11. The van der Waals surface area contributed by atoms with E-state index in [1.165, 1.54) is 0 Å². The molecule has 1 unspecified atom stereocenters. The zero-order valence-corrected chi connectivity index (χ0v) is 19.4. The largest absolute Gasteiger partial charge is 0.454 e. The van der Waals surface area contributed by atoms with E-state index >= 15 is 0 Å². The minimum atomic E-state index is -1.67. The van der Waals surface area contributed by atoms with E-state index in [0.29, 0.717) is 31.0 Å². The number of quaternary nitrogens is 1. The first-order chi connectivity index (χ1) is 16.5.